The predicted octanol–water partition coefficient (Wildman–Crippen LogP) is 3.26. The summed E-state index contributed by atoms with van der Waals surface area (Å²) >= 11 is 0.836. The number of anilines is 1. The highest BCUT2D eigenvalue weighted by molar-refractivity contribution is 7.94. The zero-order chi connectivity index (χ0) is 38.2. The molecule has 0 bridgehead atoms. The predicted molar refractivity (Wildman–Crippen MR) is 177 cm³/mol. The van der Waals surface area contributed by atoms with Crippen LogP contribution in [0, 0.1) is 0 Å². The van der Waals surface area contributed by atoms with Crippen LogP contribution in [-0.4, -0.2) is 89.8 Å². The number of carbonyl (C=O) groups is 2. The summed E-state index contributed by atoms with van der Waals surface area (Å²) in [5.41, 5.74) is -1.79. The lowest BCUT2D eigenvalue weighted by Crippen LogP contribution is -2.23. The number of methoxy groups -OCH3 is 1. The molecule has 0 atom stereocenters. The van der Waals surface area contributed by atoms with E-state index in [0.29, 0.717) is 33.8 Å². The van der Waals surface area contributed by atoms with Crippen molar-refractivity contribution in [3.05, 3.63) is 77.5 Å². The van der Waals surface area contributed by atoms with Gasteiger partial charge in [0.25, 0.3) is 26.1 Å². The van der Waals surface area contributed by atoms with Gasteiger partial charge in [-0.05, 0) is 48.6 Å². The van der Waals surface area contributed by atoms with E-state index in [0.717, 1.165) is 31.4 Å². The molecule has 25 heteroatoms. The van der Waals surface area contributed by atoms with Crippen molar-refractivity contribution in [3.63, 3.8) is 0 Å². The van der Waals surface area contributed by atoms with Gasteiger partial charge in [-0.1, -0.05) is 23.3 Å². The van der Waals surface area contributed by atoms with Gasteiger partial charge in [0, 0.05) is 9.79 Å². The van der Waals surface area contributed by atoms with Crippen molar-refractivity contribution in [1.82, 2.24) is 9.78 Å². The summed E-state index contributed by atoms with van der Waals surface area (Å²) in [6.07, 6.45) is 6.33. The Labute approximate surface area is 301 Å². The van der Waals surface area contributed by atoms with Gasteiger partial charge >= 0.3 is 5.97 Å². The summed E-state index contributed by atoms with van der Waals surface area (Å²) in [7, 11) is -7.58. The maximum Gasteiger partial charge on any atom is 0.359 e. The number of allylic oxidation sites excluding steroid dienone is 4. The third-order valence-corrected chi connectivity index (χ3v) is 9.36. The Hall–Kier alpha value is -4.48. The lowest BCUT2D eigenvalue weighted by Gasteiger charge is -2.15. The molecule has 1 aliphatic heterocycles. The van der Waals surface area contributed by atoms with Gasteiger partial charge in [-0.2, -0.15) is 41.1 Å². The molecule has 0 spiro atoms. The van der Waals surface area contributed by atoms with Crippen LogP contribution in [0.5, 0.6) is 5.88 Å². The Bertz CT molecular complexity index is 2200. The molecule has 1 aliphatic rings. The number of esters is 1. The van der Waals surface area contributed by atoms with Gasteiger partial charge in [-0.15, -0.1) is 4.33 Å². The van der Waals surface area contributed by atoms with E-state index in [1.807, 2.05) is 0 Å². The van der Waals surface area contributed by atoms with E-state index >= 15 is 0 Å². The van der Waals surface area contributed by atoms with E-state index in [1.54, 1.807) is 0 Å². The Balaban J connectivity index is 1.73. The van der Waals surface area contributed by atoms with Gasteiger partial charge < -0.3 is 9.84 Å². The van der Waals surface area contributed by atoms with Crippen LogP contribution < -0.4 is 5.01 Å². The maximum absolute atomic E-state index is 13.5. The molecule has 5 N–H and O–H groups in total. The number of rotatable bonds is 16. The first-order valence-corrected chi connectivity index (χ1v) is 17.9. The minimum absolute atomic E-state index is 0.0453. The summed E-state index contributed by atoms with van der Waals surface area (Å²) in [5, 5.41) is 40.6. The van der Waals surface area contributed by atoms with Crippen molar-refractivity contribution in [2.45, 2.75) is 19.6 Å². The first kappa shape index (κ1) is 40.3. The molecule has 2 aromatic carbocycles. The number of nitrogens with zero attached hydrogens (tertiary/aromatic N) is 4. The Morgan fingerprint density at radius 2 is 1.56 bits per heavy atom. The smallest absolute Gasteiger partial charge is 0.359 e. The van der Waals surface area contributed by atoms with Crippen LogP contribution in [0.25, 0.3) is 11.8 Å². The van der Waals surface area contributed by atoms with Gasteiger partial charge in [0.2, 0.25) is 5.88 Å². The van der Waals surface area contributed by atoms with Crippen LogP contribution >= 0.6 is 24.1 Å². The molecule has 278 valence electrons. The fourth-order valence-corrected chi connectivity index (χ4v) is 6.39. The van der Waals surface area contributed by atoms with E-state index in [2.05, 4.69) is 28.8 Å². The van der Waals surface area contributed by atoms with Crippen LogP contribution in [0.4, 0.5) is 5.69 Å². The van der Waals surface area contributed by atoms with Gasteiger partial charge in [-0.25, -0.2) is 25.1 Å². The molecule has 0 radical (unpaired) electrons. The fraction of sp³-hybridized carbons (Fsp3) is 0.111. The van der Waals surface area contributed by atoms with Gasteiger partial charge in [0.1, 0.15) is 22.1 Å². The van der Waals surface area contributed by atoms with E-state index in [9.17, 15) is 40.6 Å². The minimum Gasteiger partial charge on any atom is -0.493 e. The molecular formula is C27H24N4O17S4. The van der Waals surface area contributed by atoms with Gasteiger partial charge in [-0.3, -0.25) is 13.9 Å². The zero-order valence-electron chi connectivity index (χ0n) is 26.1. The summed E-state index contributed by atoms with van der Waals surface area (Å²) in [4.78, 5) is 34.3. The Kier molecular flexibility index (Phi) is 13.5. The summed E-state index contributed by atoms with van der Waals surface area (Å²) < 4.78 is 81.6. The van der Waals surface area contributed by atoms with Crippen LogP contribution in [0.2, 0.25) is 0 Å². The largest absolute Gasteiger partial charge is 0.493 e. The molecular weight excluding hydrogens is 781 g/mol. The normalized spacial score (nSPS) is 14.7. The second-order valence-electron chi connectivity index (χ2n) is 9.50. The highest BCUT2D eigenvalue weighted by Crippen LogP contribution is 2.35. The molecule has 0 saturated carbocycles. The van der Waals surface area contributed by atoms with Crippen molar-refractivity contribution in [2.24, 2.45) is 5.10 Å². The average molecular weight is 805 g/mol. The molecule has 1 amide bonds. The van der Waals surface area contributed by atoms with E-state index < -0.39 is 71.5 Å². The third kappa shape index (κ3) is 9.30. The van der Waals surface area contributed by atoms with Gasteiger partial charge in [0.05, 0.1) is 60.8 Å². The van der Waals surface area contributed by atoms with Crippen molar-refractivity contribution >= 4 is 73.7 Å². The second kappa shape index (κ2) is 17.4. The second-order valence-corrected chi connectivity index (χ2v) is 13.8. The molecule has 0 fully saturated rings. The number of hydrazone groups is 1. The topological polar surface area (TPSA) is 292 Å². The number of aromatic hydroxyl groups is 1. The maximum atomic E-state index is 13.5. The first-order valence-electron chi connectivity index (χ1n) is 13.6. The van der Waals surface area contributed by atoms with Crippen LogP contribution in [0.3, 0.4) is 0 Å². The SMILES string of the molecule is COOCC1=NN(c2cc(SOO)ccc2S(=O)(=O)O)C(=O)/C1=C/C=C/C=C/c1c(C(=O)OC)nn(-c2cc(SOOO)ccc2S(=O)(=O)O)c1O. The van der Waals surface area contributed by atoms with E-state index in [-0.39, 0.29) is 26.6 Å². The first-order chi connectivity index (χ1) is 24.7. The fourth-order valence-electron chi connectivity index (χ4n) is 4.33. The summed E-state index contributed by atoms with van der Waals surface area (Å²) in [5.74, 6) is -2.72. The molecule has 21 nitrogen and oxygen atoms in total. The van der Waals surface area contributed by atoms with Gasteiger partial charge in [0.15, 0.2) is 5.69 Å². The van der Waals surface area contributed by atoms with Crippen LogP contribution in [0.15, 0.2) is 91.0 Å². The number of benzene rings is 2. The third-order valence-electron chi connectivity index (χ3n) is 6.46. The van der Waals surface area contributed by atoms with E-state index in [1.165, 1.54) is 49.6 Å². The molecule has 1 aromatic heterocycles. The molecule has 0 unspecified atom stereocenters. The van der Waals surface area contributed by atoms with E-state index in [4.69, 9.17) is 20.1 Å². The molecule has 0 saturated heterocycles. The number of hydrogen-bond donors (Lipinski definition) is 5. The standard InChI is InChI=1S/C27H24N4O17S4/c1-43-27(34)24-18(26(33)31(29-24)21-13-16(50-48-46-35)9-11-23(21)52(40,41)42)7-5-3-4-6-17-19(14-45-44-2)28-30(25(17)32)20-12-15(49-47-36)8-10-22(20)51(37,38)39/h3-13,33,35-36H,14H2,1-2H3,(H,37,38,39)(H,40,41,42)/b4-3+,7-5+,17-6+. The number of ether oxygens (including phenoxy) is 1. The number of carbonyl (C=O) groups excluding carboxylic acids is 2. The summed E-state index contributed by atoms with van der Waals surface area (Å²) in [6, 6.07) is 6.44. The quantitative estimate of drug-likeness (QED) is 0.0264. The Morgan fingerprint density at radius 3 is 2.15 bits per heavy atom. The molecule has 0 aliphatic carbocycles. The van der Waals surface area contributed by atoms with Crippen LogP contribution in [0.1, 0.15) is 16.1 Å². The lowest BCUT2D eigenvalue weighted by molar-refractivity contribution is -0.432. The van der Waals surface area contributed by atoms with Crippen molar-refractivity contribution in [2.75, 3.05) is 25.8 Å². The van der Waals surface area contributed by atoms with Crippen molar-refractivity contribution in [1.29, 1.82) is 0 Å². The minimum atomic E-state index is -4.92. The highest BCUT2D eigenvalue weighted by atomic mass is 32.2. The highest BCUT2D eigenvalue weighted by Gasteiger charge is 2.34. The number of aromatic nitrogens is 2. The average Bonchev–Trinajstić information content (AvgIpc) is 3.59. The molecule has 4 rings (SSSR count). The number of hydrogen-bond acceptors (Lipinski definition) is 19. The number of amides is 1. The van der Waals surface area contributed by atoms with Crippen molar-refractivity contribution < 1.29 is 79.4 Å². The molecule has 2 heterocycles. The molecule has 3 aromatic rings. The molecule has 52 heavy (non-hydrogen) atoms. The zero-order valence-corrected chi connectivity index (χ0v) is 29.4. The Morgan fingerprint density at radius 1 is 0.923 bits per heavy atom. The lowest BCUT2D eigenvalue weighted by atomic mass is 10.1. The van der Waals surface area contributed by atoms with Crippen molar-refractivity contribution in [3.8, 4) is 11.6 Å². The summed E-state index contributed by atoms with van der Waals surface area (Å²) in [6.45, 7) is -0.399. The monoisotopic (exact) mass is 804 g/mol. The van der Waals surface area contributed by atoms with Crippen LogP contribution in [-0.2, 0) is 53.2 Å².